The molecule has 78 valence electrons. The number of rotatable bonds is 3. The zero-order chi connectivity index (χ0) is 10.0. The lowest BCUT2D eigenvalue weighted by Gasteiger charge is -2.05. The maximum absolute atomic E-state index is 11.6. The van der Waals surface area contributed by atoms with Gasteiger partial charge in [-0.1, -0.05) is 12.2 Å². The van der Waals surface area contributed by atoms with Gasteiger partial charge in [-0.2, -0.15) is 0 Å². The van der Waals surface area contributed by atoms with Crippen molar-refractivity contribution in [1.82, 2.24) is 5.32 Å². The molecule has 2 fully saturated rings. The van der Waals surface area contributed by atoms with Crippen LogP contribution in [-0.2, 0) is 9.53 Å². The topological polar surface area (TPSA) is 38.3 Å². The van der Waals surface area contributed by atoms with Gasteiger partial charge in [-0.3, -0.25) is 4.79 Å². The highest BCUT2D eigenvalue weighted by Crippen LogP contribution is 2.57. The second-order valence-corrected chi connectivity index (χ2v) is 4.24. The van der Waals surface area contributed by atoms with Gasteiger partial charge in [0.05, 0.1) is 6.61 Å². The molecule has 1 N–H and O–H groups in total. The molecule has 0 aromatic heterocycles. The lowest BCUT2D eigenvalue weighted by atomic mass is 10.0. The third kappa shape index (κ3) is 1.69. The number of nitrogens with one attached hydrogen (secondary N) is 1. The van der Waals surface area contributed by atoms with Gasteiger partial charge >= 0.3 is 0 Å². The van der Waals surface area contributed by atoms with Gasteiger partial charge in [0.1, 0.15) is 0 Å². The van der Waals surface area contributed by atoms with Gasteiger partial charge in [0.2, 0.25) is 5.91 Å². The van der Waals surface area contributed by atoms with Crippen molar-refractivity contribution in [2.45, 2.75) is 19.8 Å². The predicted molar refractivity (Wildman–Crippen MR) is 53.8 cm³/mol. The van der Waals surface area contributed by atoms with Crippen molar-refractivity contribution in [1.29, 1.82) is 0 Å². The van der Waals surface area contributed by atoms with Crippen LogP contribution in [0.15, 0.2) is 12.2 Å². The molecule has 0 aromatic carbocycles. The van der Waals surface area contributed by atoms with Gasteiger partial charge in [-0.15, -0.1) is 0 Å². The summed E-state index contributed by atoms with van der Waals surface area (Å²) in [6.07, 6.45) is 5.99. The molecule has 2 unspecified atom stereocenters. The summed E-state index contributed by atoms with van der Waals surface area (Å²) in [7, 11) is 0. The monoisotopic (exact) mass is 195 g/mol. The van der Waals surface area contributed by atoms with Gasteiger partial charge in [0.25, 0.3) is 0 Å². The summed E-state index contributed by atoms with van der Waals surface area (Å²) in [5.41, 5.74) is 0.222. The third-order valence-corrected chi connectivity index (χ3v) is 3.27. The second-order valence-electron chi connectivity index (χ2n) is 4.24. The number of amides is 1. The summed E-state index contributed by atoms with van der Waals surface area (Å²) in [6.45, 7) is 4.23. The van der Waals surface area contributed by atoms with E-state index in [1.54, 1.807) is 0 Å². The summed E-state index contributed by atoms with van der Waals surface area (Å²) in [5, 5.41) is 2.92. The summed E-state index contributed by atoms with van der Waals surface area (Å²) < 4.78 is 5.33. The molecular weight excluding hydrogens is 178 g/mol. The first kappa shape index (κ1) is 9.71. The fraction of sp³-hybridized carbons (Fsp3) is 0.727. The maximum Gasteiger partial charge on any atom is 0.224 e. The van der Waals surface area contributed by atoms with Gasteiger partial charge in [-0.25, -0.2) is 0 Å². The fourth-order valence-corrected chi connectivity index (χ4v) is 2.18. The second kappa shape index (κ2) is 3.73. The quantitative estimate of drug-likeness (QED) is 0.685. The molecule has 1 spiro atoms. The Morgan fingerprint density at radius 2 is 2.57 bits per heavy atom. The minimum Gasteiger partial charge on any atom is -0.381 e. The number of ether oxygens (including phenoxy) is 1. The van der Waals surface area contributed by atoms with Crippen LogP contribution in [0.4, 0.5) is 0 Å². The first-order chi connectivity index (χ1) is 6.78. The largest absolute Gasteiger partial charge is 0.381 e. The summed E-state index contributed by atoms with van der Waals surface area (Å²) >= 11 is 0. The van der Waals surface area contributed by atoms with E-state index >= 15 is 0 Å². The van der Waals surface area contributed by atoms with E-state index < -0.39 is 0 Å². The van der Waals surface area contributed by atoms with Crippen LogP contribution in [0.1, 0.15) is 19.8 Å². The van der Waals surface area contributed by atoms with Crippen LogP contribution < -0.4 is 5.32 Å². The molecule has 0 aromatic rings. The average molecular weight is 195 g/mol. The molecule has 1 aliphatic heterocycles. The molecule has 1 saturated carbocycles. The maximum atomic E-state index is 11.6. The van der Waals surface area contributed by atoms with Gasteiger partial charge in [0, 0.05) is 24.5 Å². The first-order valence-electron chi connectivity index (χ1n) is 5.25. The summed E-state index contributed by atoms with van der Waals surface area (Å²) in [4.78, 5) is 11.6. The Morgan fingerprint density at radius 3 is 3.21 bits per heavy atom. The number of hydrogen-bond acceptors (Lipinski definition) is 2. The molecule has 1 heterocycles. The number of hydrogen-bond donors (Lipinski definition) is 1. The highest BCUT2D eigenvalue weighted by molar-refractivity contribution is 5.82. The molecule has 0 radical (unpaired) electrons. The van der Waals surface area contributed by atoms with Gasteiger partial charge in [-0.05, 0) is 19.8 Å². The van der Waals surface area contributed by atoms with Crippen molar-refractivity contribution in [2.24, 2.45) is 11.3 Å². The zero-order valence-corrected chi connectivity index (χ0v) is 8.58. The lowest BCUT2D eigenvalue weighted by molar-refractivity contribution is -0.122. The number of allylic oxidation sites excluding steroid dienone is 1. The Hall–Kier alpha value is -0.830. The standard InChI is InChI=1S/C11H17NO2/c1-2-3-5-12-10(13)9-7-11(9)4-6-14-8-11/h2-3,9H,4-8H2,1H3,(H,12,13)/b3-2+. The molecule has 3 heteroatoms. The molecule has 1 amide bonds. The van der Waals surface area contributed by atoms with Gasteiger partial charge in [0.15, 0.2) is 0 Å². The molecule has 0 bridgehead atoms. The fourth-order valence-electron chi connectivity index (χ4n) is 2.18. The van der Waals surface area contributed by atoms with Crippen molar-refractivity contribution >= 4 is 5.91 Å². The molecule has 3 nitrogen and oxygen atoms in total. The SMILES string of the molecule is C/C=C/CNC(=O)C1CC12CCOC2. The minimum absolute atomic E-state index is 0.202. The van der Waals surface area contributed by atoms with Crippen molar-refractivity contribution in [3.05, 3.63) is 12.2 Å². The third-order valence-electron chi connectivity index (χ3n) is 3.27. The Morgan fingerprint density at radius 1 is 1.71 bits per heavy atom. The molecule has 1 saturated heterocycles. The Kier molecular flexibility index (Phi) is 2.59. The molecule has 2 atom stereocenters. The highest BCUT2D eigenvalue weighted by Gasteiger charge is 2.59. The highest BCUT2D eigenvalue weighted by atomic mass is 16.5. The van der Waals surface area contributed by atoms with Crippen LogP contribution in [0.5, 0.6) is 0 Å². The van der Waals surface area contributed by atoms with Crippen molar-refractivity contribution in [3.8, 4) is 0 Å². The van der Waals surface area contributed by atoms with Crippen LogP contribution in [-0.4, -0.2) is 25.7 Å². The van der Waals surface area contributed by atoms with E-state index in [0.717, 1.165) is 26.1 Å². The zero-order valence-electron chi connectivity index (χ0n) is 8.58. The molecule has 14 heavy (non-hydrogen) atoms. The average Bonchev–Trinajstić information content (AvgIpc) is 2.65. The van der Waals surface area contributed by atoms with E-state index in [1.165, 1.54) is 0 Å². The molecule has 1 aliphatic carbocycles. The minimum atomic E-state index is 0.202. The first-order valence-corrected chi connectivity index (χ1v) is 5.25. The van der Waals surface area contributed by atoms with Crippen molar-refractivity contribution in [2.75, 3.05) is 19.8 Å². The van der Waals surface area contributed by atoms with Crippen LogP contribution in [0.3, 0.4) is 0 Å². The molecule has 2 aliphatic rings. The number of carbonyl (C=O) groups excluding carboxylic acids is 1. The van der Waals surface area contributed by atoms with E-state index in [9.17, 15) is 4.79 Å². The van der Waals surface area contributed by atoms with Crippen molar-refractivity contribution in [3.63, 3.8) is 0 Å². The van der Waals surface area contributed by atoms with E-state index in [1.807, 2.05) is 19.1 Å². The van der Waals surface area contributed by atoms with Crippen LogP contribution >= 0.6 is 0 Å². The van der Waals surface area contributed by atoms with Gasteiger partial charge < -0.3 is 10.1 Å². The molecular formula is C11H17NO2. The molecule has 2 rings (SSSR count). The van der Waals surface area contributed by atoms with Crippen LogP contribution in [0, 0.1) is 11.3 Å². The van der Waals surface area contributed by atoms with E-state index in [2.05, 4.69) is 5.32 Å². The normalized spacial score (nSPS) is 35.4. The number of carbonyl (C=O) groups is 1. The summed E-state index contributed by atoms with van der Waals surface area (Å²) in [5.74, 6) is 0.420. The predicted octanol–water partition coefficient (Wildman–Crippen LogP) is 1.11. The summed E-state index contributed by atoms with van der Waals surface area (Å²) in [6, 6.07) is 0. The lowest BCUT2D eigenvalue weighted by Crippen LogP contribution is -2.27. The van der Waals surface area contributed by atoms with E-state index in [-0.39, 0.29) is 17.2 Å². The Bertz CT molecular complexity index is 254. The van der Waals surface area contributed by atoms with Crippen LogP contribution in [0.25, 0.3) is 0 Å². The van der Waals surface area contributed by atoms with E-state index in [4.69, 9.17) is 4.74 Å². The van der Waals surface area contributed by atoms with E-state index in [0.29, 0.717) is 6.54 Å². The van der Waals surface area contributed by atoms with Crippen molar-refractivity contribution < 1.29 is 9.53 Å². The Balaban J connectivity index is 1.78. The van der Waals surface area contributed by atoms with Crippen LogP contribution in [0.2, 0.25) is 0 Å². The smallest absolute Gasteiger partial charge is 0.224 e. The Labute approximate surface area is 84.5 Å².